The number of rotatable bonds is 8. The number of piperidine rings is 1. The summed E-state index contributed by atoms with van der Waals surface area (Å²) >= 11 is 0. The second-order valence-electron chi connectivity index (χ2n) is 10.5. The topological polar surface area (TPSA) is 70.5 Å². The minimum Gasteiger partial charge on any atom is -0.348 e. The Morgan fingerprint density at radius 1 is 1.03 bits per heavy atom. The molecule has 0 spiro atoms. The normalized spacial score (nSPS) is 22.5. The van der Waals surface area contributed by atoms with Crippen molar-refractivity contribution in [2.24, 2.45) is 0 Å². The van der Waals surface area contributed by atoms with Crippen LogP contribution < -0.4 is 5.32 Å². The van der Waals surface area contributed by atoms with Gasteiger partial charge in [-0.15, -0.1) is 0 Å². The van der Waals surface area contributed by atoms with Gasteiger partial charge in [-0.1, -0.05) is 42.5 Å². The number of carbonyl (C=O) groups is 2. The molecule has 7 heteroatoms. The minimum atomic E-state index is -0.120. The minimum absolute atomic E-state index is 0.0731. The highest BCUT2D eigenvalue weighted by atomic mass is 16.2. The SMILES string of the molecule is CC(=O)N(C)CC(=O)N[C@@H](CCN1[C@@H]2CC[C@H]1C[C@H](n1c(C)nc3ccccc31)C2)c1ccccc1. The number of para-hydroxylation sites is 2. The summed E-state index contributed by atoms with van der Waals surface area (Å²) in [6, 6.07) is 20.2. The molecule has 5 rings (SSSR count). The number of imidazole rings is 1. The molecule has 3 aromatic rings. The number of aryl methyl sites for hydroxylation is 1. The molecule has 36 heavy (non-hydrogen) atoms. The summed E-state index contributed by atoms with van der Waals surface area (Å²) in [5.41, 5.74) is 3.44. The number of amides is 2. The van der Waals surface area contributed by atoms with Gasteiger partial charge in [0.2, 0.25) is 11.8 Å². The zero-order valence-corrected chi connectivity index (χ0v) is 21.6. The second-order valence-corrected chi connectivity index (χ2v) is 10.5. The zero-order chi connectivity index (χ0) is 25.2. The Kier molecular flexibility index (Phi) is 7.10. The molecule has 1 N–H and O–H groups in total. The van der Waals surface area contributed by atoms with Crippen molar-refractivity contribution in [3.63, 3.8) is 0 Å². The largest absolute Gasteiger partial charge is 0.348 e. The molecule has 2 fully saturated rings. The summed E-state index contributed by atoms with van der Waals surface area (Å²) in [6.45, 7) is 4.64. The molecule has 2 aromatic carbocycles. The smallest absolute Gasteiger partial charge is 0.240 e. The van der Waals surface area contributed by atoms with Gasteiger partial charge in [0.1, 0.15) is 5.82 Å². The third-order valence-electron chi connectivity index (χ3n) is 8.13. The number of fused-ring (bicyclic) bond motifs is 3. The number of hydrogen-bond acceptors (Lipinski definition) is 4. The fraction of sp³-hybridized carbons (Fsp3) is 0.483. The van der Waals surface area contributed by atoms with Crippen molar-refractivity contribution < 1.29 is 9.59 Å². The van der Waals surface area contributed by atoms with Crippen molar-refractivity contribution in [3.05, 3.63) is 66.0 Å². The first-order valence-electron chi connectivity index (χ1n) is 13.2. The van der Waals surface area contributed by atoms with Gasteiger partial charge in [0.05, 0.1) is 23.6 Å². The lowest BCUT2D eigenvalue weighted by molar-refractivity contribution is -0.133. The molecule has 7 nitrogen and oxygen atoms in total. The van der Waals surface area contributed by atoms with Crippen LogP contribution in [0.15, 0.2) is 54.6 Å². The number of hydrogen-bond donors (Lipinski definition) is 1. The molecular weight excluding hydrogens is 450 g/mol. The van der Waals surface area contributed by atoms with Crippen LogP contribution in [0.2, 0.25) is 0 Å². The molecule has 2 aliphatic heterocycles. The van der Waals surface area contributed by atoms with Crippen molar-refractivity contribution in [2.45, 2.75) is 70.1 Å². The van der Waals surface area contributed by atoms with Gasteiger partial charge in [0.25, 0.3) is 0 Å². The van der Waals surface area contributed by atoms with Crippen LogP contribution >= 0.6 is 0 Å². The van der Waals surface area contributed by atoms with Crippen LogP contribution in [-0.4, -0.2) is 63.4 Å². The van der Waals surface area contributed by atoms with E-state index in [1.807, 2.05) is 18.2 Å². The van der Waals surface area contributed by atoms with Crippen molar-refractivity contribution in [2.75, 3.05) is 20.1 Å². The van der Waals surface area contributed by atoms with Crippen LogP contribution in [0.1, 0.15) is 62.5 Å². The second kappa shape index (κ2) is 10.4. The number of benzene rings is 2. The first kappa shape index (κ1) is 24.5. The quantitative estimate of drug-likeness (QED) is 0.516. The molecule has 2 bridgehead atoms. The Morgan fingerprint density at radius 3 is 2.39 bits per heavy atom. The fourth-order valence-corrected chi connectivity index (χ4v) is 6.30. The van der Waals surface area contributed by atoms with Gasteiger partial charge in [-0.3, -0.25) is 14.5 Å². The standard InChI is InChI=1S/C29H37N5O2/c1-20-30-27-11-7-8-12-28(27)34(20)25-17-23-13-14-24(18-25)33(23)16-15-26(22-9-5-4-6-10-22)31-29(36)19-32(3)21(2)35/h4-12,23-26H,13-19H2,1-3H3,(H,31,36)/t23-,24+,25-,26-/m0/s1. The number of aromatic nitrogens is 2. The van der Waals surface area contributed by atoms with Crippen LogP contribution in [-0.2, 0) is 9.59 Å². The Balaban J connectivity index is 1.27. The Bertz CT molecular complexity index is 1210. The molecule has 2 amide bonds. The molecule has 4 atom stereocenters. The summed E-state index contributed by atoms with van der Waals surface area (Å²) in [5.74, 6) is 0.879. The molecule has 2 saturated heterocycles. The molecular formula is C29H37N5O2. The van der Waals surface area contributed by atoms with Crippen molar-refractivity contribution in [1.29, 1.82) is 0 Å². The van der Waals surface area contributed by atoms with Crippen LogP contribution in [0.4, 0.5) is 0 Å². The highest BCUT2D eigenvalue weighted by Gasteiger charge is 2.41. The van der Waals surface area contributed by atoms with Gasteiger partial charge in [0, 0.05) is 38.6 Å². The lowest BCUT2D eigenvalue weighted by atomic mass is 9.95. The van der Waals surface area contributed by atoms with Crippen molar-refractivity contribution >= 4 is 22.8 Å². The Labute approximate surface area is 213 Å². The number of carbonyl (C=O) groups excluding carboxylic acids is 2. The van der Waals surface area contributed by atoms with Gasteiger partial charge in [0.15, 0.2) is 0 Å². The summed E-state index contributed by atoms with van der Waals surface area (Å²) < 4.78 is 2.47. The maximum Gasteiger partial charge on any atom is 0.240 e. The van der Waals surface area contributed by atoms with E-state index in [-0.39, 0.29) is 24.4 Å². The van der Waals surface area contributed by atoms with E-state index in [1.165, 1.54) is 30.2 Å². The number of likely N-dealkylation sites (N-methyl/N-ethyl adjacent to an activating group) is 1. The third kappa shape index (κ3) is 5.03. The molecule has 3 heterocycles. The summed E-state index contributed by atoms with van der Waals surface area (Å²) in [6.07, 6.45) is 5.61. The zero-order valence-electron chi connectivity index (χ0n) is 21.6. The van der Waals surface area contributed by atoms with Crippen LogP contribution in [0.5, 0.6) is 0 Å². The summed E-state index contributed by atoms with van der Waals surface area (Å²) in [5, 5.41) is 3.20. The van der Waals surface area contributed by atoms with E-state index in [9.17, 15) is 9.59 Å². The Morgan fingerprint density at radius 2 is 1.69 bits per heavy atom. The maximum atomic E-state index is 12.7. The molecule has 0 unspecified atom stereocenters. The van der Waals surface area contributed by atoms with E-state index in [0.29, 0.717) is 18.1 Å². The maximum absolute atomic E-state index is 12.7. The average Bonchev–Trinajstić information content (AvgIpc) is 3.32. The first-order valence-corrected chi connectivity index (χ1v) is 13.2. The molecule has 190 valence electrons. The number of nitrogens with zero attached hydrogens (tertiary/aromatic N) is 4. The van der Waals surface area contributed by atoms with E-state index in [0.717, 1.165) is 42.7 Å². The van der Waals surface area contributed by atoms with Crippen LogP contribution in [0.3, 0.4) is 0 Å². The van der Waals surface area contributed by atoms with E-state index >= 15 is 0 Å². The van der Waals surface area contributed by atoms with E-state index in [1.54, 1.807) is 7.05 Å². The third-order valence-corrected chi connectivity index (χ3v) is 8.13. The predicted molar refractivity (Wildman–Crippen MR) is 142 cm³/mol. The molecule has 0 radical (unpaired) electrons. The van der Waals surface area contributed by atoms with Gasteiger partial charge in [-0.25, -0.2) is 4.98 Å². The number of nitrogens with one attached hydrogen (secondary N) is 1. The lowest BCUT2D eigenvalue weighted by Gasteiger charge is -2.40. The summed E-state index contributed by atoms with van der Waals surface area (Å²) in [4.78, 5) is 33.3. The predicted octanol–water partition coefficient (Wildman–Crippen LogP) is 4.24. The van der Waals surface area contributed by atoms with E-state index in [4.69, 9.17) is 4.98 Å². The molecule has 0 aliphatic carbocycles. The molecule has 2 aliphatic rings. The van der Waals surface area contributed by atoms with Gasteiger partial charge in [-0.2, -0.15) is 0 Å². The monoisotopic (exact) mass is 487 g/mol. The van der Waals surface area contributed by atoms with E-state index in [2.05, 4.69) is 58.1 Å². The highest BCUT2D eigenvalue weighted by molar-refractivity contribution is 5.83. The van der Waals surface area contributed by atoms with Gasteiger partial charge < -0.3 is 14.8 Å². The lowest BCUT2D eigenvalue weighted by Crippen LogP contribution is -2.45. The van der Waals surface area contributed by atoms with Crippen molar-refractivity contribution in [3.8, 4) is 0 Å². The molecule has 1 aromatic heterocycles. The van der Waals surface area contributed by atoms with Crippen LogP contribution in [0, 0.1) is 6.92 Å². The van der Waals surface area contributed by atoms with E-state index < -0.39 is 0 Å². The van der Waals surface area contributed by atoms with Gasteiger partial charge >= 0.3 is 0 Å². The first-order chi connectivity index (χ1) is 17.4. The summed E-state index contributed by atoms with van der Waals surface area (Å²) in [7, 11) is 1.66. The fourth-order valence-electron chi connectivity index (χ4n) is 6.30. The highest BCUT2D eigenvalue weighted by Crippen LogP contribution is 2.42. The average molecular weight is 488 g/mol. The van der Waals surface area contributed by atoms with Crippen LogP contribution in [0.25, 0.3) is 11.0 Å². The van der Waals surface area contributed by atoms with Crippen molar-refractivity contribution in [1.82, 2.24) is 24.7 Å². The Hall–Kier alpha value is -3.19. The molecule has 0 saturated carbocycles. The van der Waals surface area contributed by atoms with Gasteiger partial charge in [-0.05, 0) is 56.7 Å².